The third-order valence-electron chi connectivity index (χ3n) is 2.23. The Hall–Kier alpha value is -1.63. The van der Waals surface area contributed by atoms with Gasteiger partial charge in [-0.05, 0) is 24.6 Å². The van der Waals surface area contributed by atoms with Crippen LogP contribution in [0.5, 0.6) is 0 Å². The van der Waals surface area contributed by atoms with Gasteiger partial charge in [-0.1, -0.05) is 35.9 Å². The minimum Gasteiger partial charge on any atom is -0.261 e. The quantitative estimate of drug-likeness (QED) is 0.697. The molecule has 1 aromatic carbocycles. The Balaban J connectivity index is 2.16. The second-order valence-electron chi connectivity index (χ2n) is 3.48. The van der Waals surface area contributed by atoms with E-state index in [4.69, 9.17) is 0 Å². The van der Waals surface area contributed by atoms with Crippen LogP contribution >= 0.6 is 0 Å². The molecule has 0 fully saturated rings. The molecule has 2 rings (SSSR count). The lowest BCUT2D eigenvalue weighted by Crippen LogP contribution is -1.90. The smallest absolute Gasteiger partial charge is 0.0447 e. The van der Waals surface area contributed by atoms with Gasteiger partial charge in [-0.2, -0.15) is 0 Å². The van der Waals surface area contributed by atoms with Crippen LogP contribution in [-0.2, 0) is 6.42 Å². The SMILES string of the molecule is Cc1ccc(Cc2ccccn2)cc1. The molecule has 1 heteroatoms. The summed E-state index contributed by atoms with van der Waals surface area (Å²) in [6.45, 7) is 2.10. The van der Waals surface area contributed by atoms with Gasteiger partial charge < -0.3 is 0 Å². The van der Waals surface area contributed by atoms with Crippen molar-refractivity contribution in [2.75, 3.05) is 0 Å². The van der Waals surface area contributed by atoms with Crippen LogP contribution in [0.3, 0.4) is 0 Å². The fourth-order valence-corrected chi connectivity index (χ4v) is 1.42. The normalized spacial score (nSPS) is 10.1. The number of hydrogen-bond acceptors (Lipinski definition) is 1. The number of benzene rings is 1. The first-order chi connectivity index (χ1) is 6.84. The van der Waals surface area contributed by atoms with E-state index < -0.39 is 0 Å². The van der Waals surface area contributed by atoms with E-state index in [0.717, 1.165) is 12.1 Å². The van der Waals surface area contributed by atoms with Crippen molar-refractivity contribution in [1.82, 2.24) is 4.98 Å². The first-order valence-electron chi connectivity index (χ1n) is 4.80. The van der Waals surface area contributed by atoms with Crippen molar-refractivity contribution in [2.45, 2.75) is 13.3 Å². The number of aryl methyl sites for hydroxylation is 1. The highest BCUT2D eigenvalue weighted by atomic mass is 14.7. The van der Waals surface area contributed by atoms with E-state index in [1.54, 1.807) is 0 Å². The Morgan fingerprint density at radius 2 is 1.79 bits per heavy atom. The molecule has 0 amide bonds. The Morgan fingerprint density at radius 3 is 2.43 bits per heavy atom. The summed E-state index contributed by atoms with van der Waals surface area (Å²) >= 11 is 0. The summed E-state index contributed by atoms with van der Waals surface area (Å²) in [5, 5.41) is 0. The molecule has 1 aromatic heterocycles. The standard InChI is InChI=1S/C13H13N/c1-11-5-7-12(8-6-11)10-13-4-2-3-9-14-13/h2-9H,10H2,1H3. The van der Waals surface area contributed by atoms with Crippen molar-refractivity contribution >= 4 is 0 Å². The summed E-state index contributed by atoms with van der Waals surface area (Å²) in [5.74, 6) is 0. The molecule has 0 atom stereocenters. The molecule has 0 N–H and O–H groups in total. The molecule has 0 aliphatic rings. The Labute approximate surface area is 84.4 Å². The molecule has 70 valence electrons. The van der Waals surface area contributed by atoms with E-state index in [-0.39, 0.29) is 0 Å². The number of rotatable bonds is 2. The first kappa shape index (κ1) is 8.95. The largest absolute Gasteiger partial charge is 0.261 e. The van der Waals surface area contributed by atoms with Crippen LogP contribution in [-0.4, -0.2) is 4.98 Å². The van der Waals surface area contributed by atoms with Gasteiger partial charge in [-0.3, -0.25) is 4.98 Å². The molecule has 0 saturated heterocycles. The Kier molecular flexibility index (Phi) is 2.59. The summed E-state index contributed by atoms with van der Waals surface area (Å²) in [4.78, 5) is 4.30. The maximum Gasteiger partial charge on any atom is 0.0447 e. The molecule has 1 nitrogen and oxygen atoms in total. The van der Waals surface area contributed by atoms with E-state index in [9.17, 15) is 0 Å². The second kappa shape index (κ2) is 4.05. The average molecular weight is 183 g/mol. The zero-order valence-corrected chi connectivity index (χ0v) is 8.27. The van der Waals surface area contributed by atoms with Gasteiger partial charge in [-0.25, -0.2) is 0 Å². The minimum atomic E-state index is 0.918. The topological polar surface area (TPSA) is 12.9 Å². The van der Waals surface area contributed by atoms with Gasteiger partial charge in [-0.15, -0.1) is 0 Å². The van der Waals surface area contributed by atoms with Crippen molar-refractivity contribution < 1.29 is 0 Å². The van der Waals surface area contributed by atoms with Crippen molar-refractivity contribution in [1.29, 1.82) is 0 Å². The predicted octanol–water partition coefficient (Wildman–Crippen LogP) is 2.98. The van der Waals surface area contributed by atoms with Gasteiger partial charge in [0, 0.05) is 18.3 Å². The third kappa shape index (κ3) is 2.19. The van der Waals surface area contributed by atoms with Gasteiger partial charge in [0.15, 0.2) is 0 Å². The summed E-state index contributed by atoms with van der Waals surface area (Å²) < 4.78 is 0. The van der Waals surface area contributed by atoms with E-state index in [1.807, 2.05) is 18.3 Å². The molecule has 14 heavy (non-hydrogen) atoms. The van der Waals surface area contributed by atoms with E-state index in [1.165, 1.54) is 11.1 Å². The monoisotopic (exact) mass is 183 g/mol. The lowest BCUT2D eigenvalue weighted by atomic mass is 10.1. The van der Waals surface area contributed by atoms with Gasteiger partial charge in [0.1, 0.15) is 0 Å². The number of nitrogens with zero attached hydrogens (tertiary/aromatic N) is 1. The Bertz CT molecular complexity index is 389. The predicted molar refractivity (Wildman–Crippen MR) is 58.2 cm³/mol. The molecule has 0 aliphatic heterocycles. The lowest BCUT2D eigenvalue weighted by molar-refractivity contribution is 1.07. The maximum atomic E-state index is 4.30. The second-order valence-corrected chi connectivity index (χ2v) is 3.48. The number of aromatic nitrogens is 1. The minimum absolute atomic E-state index is 0.918. The first-order valence-corrected chi connectivity index (χ1v) is 4.80. The van der Waals surface area contributed by atoms with Crippen molar-refractivity contribution in [3.8, 4) is 0 Å². The molecular formula is C13H13N. The van der Waals surface area contributed by atoms with Gasteiger partial charge in [0.05, 0.1) is 0 Å². The molecule has 1 heterocycles. The van der Waals surface area contributed by atoms with Gasteiger partial charge >= 0.3 is 0 Å². The highest BCUT2D eigenvalue weighted by Gasteiger charge is 1.95. The summed E-state index contributed by atoms with van der Waals surface area (Å²) in [6.07, 6.45) is 2.75. The molecule has 2 aromatic rings. The molecule has 0 saturated carbocycles. The molecule has 0 unspecified atom stereocenters. The molecule has 0 radical (unpaired) electrons. The maximum absolute atomic E-state index is 4.30. The highest BCUT2D eigenvalue weighted by Crippen LogP contribution is 2.07. The third-order valence-corrected chi connectivity index (χ3v) is 2.23. The van der Waals surface area contributed by atoms with Crippen molar-refractivity contribution in [3.05, 3.63) is 65.5 Å². The van der Waals surface area contributed by atoms with Crippen LogP contribution in [0.1, 0.15) is 16.8 Å². The zero-order valence-electron chi connectivity index (χ0n) is 8.27. The van der Waals surface area contributed by atoms with Crippen LogP contribution in [0.15, 0.2) is 48.7 Å². The van der Waals surface area contributed by atoms with Crippen LogP contribution < -0.4 is 0 Å². The van der Waals surface area contributed by atoms with Crippen LogP contribution in [0.25, 0.3) is 0 Å². The fourth-order valence-electron chi connectivity index (χ4n) is 1.42. The van der Waals surface area contributed by atoms with Crippen LogP contribution in [0, 0.1) is 6.92 Å². The Morgan fingerprint density at radius 1 is 1.00 bits per heavy atom. The summed E-state index contributed by atoms with van der Waals surface area (Å²) in [6, 6.07) is 14.6. The van der Waals surface area contributed by atoms with E-state index in [0.29, 0.717) is 0 Å². The molecule has 0 aliphatic carbocycles. The van der Waals surface area contributed by atoms with Gasteiger partial charge in [0.2, 0.25) is 0 Å². The molecule has 0 bridgehead atoms. The average Bonchev–Trinajstić information content (AvgIpc) is 2.23. The lowest BCUT2D eigenvalue weighted by Gasteiger charge is -2.00. The van der Waals surface area contributed by atoms with Gasteiger partial charge in [0.25, 0.3) is 0 Å². The fraction of sp³-hybridized carbons (Fsp3) is 0.154. The summed E-state index contributed by atoms with van der Waals surface area (Å²) in [5.41, 5.74) is 3.74. The number of hydrogen-bond donors (Lipinski definition) is 0. The van der Waals surface area contributed by atoms with Crippen LogP contribution in [0.4, 0.5) is 0 Å². The zero-order chi connectivity index (χ0) is 9.80. The van der Waals surface area contributed by atoms with Crippen molar-refractivity contribution in [2.24, 2.45) is 0 Å². The molecule has 0 spiro atoms. The highest BCUT2D eigenvalue weighted by molar-refractivity contribution is 5.25. The molecular weight excluding hydrogens is 170 g/mol. The van der Waals surface area contributed by atoms with E-state index >= 15 is 0 Å². The van der Waals surface area contributed by atoms with Crippen molar-refractivity contribution in [3.63, 3.8) is 0 Å². The number of pyridine rings is 1. The van der Waals surface area contributed by atoms with E-state index in [2.05, 4.69) is 42.2 Å². The van der Waals surface area contributed by atoms with Crippen LogP contribution in [0.2, 0.25) is 0 Å². The summed E-state index contributed by atoms with van der Waals surface area (Å²) in [7, 11) is 0.